The summed E-state index contributed by atoms with van der Waals surface area (Å²) in [4.78, 5) is 0. The Balaban J connectivity index is 2.38. The Morgan fingerprint density at radius 1 is 1.14 bits per heavy atom. The molecule has 0 amide bonds. The fourth-order valence-electron chi connectivity index (χ4n) is 2.17. The molecule has 2 aromatic rings. The van der Waals surface area contributed by atoms with Gasteiger partial charge in [0.25, 0.3) is 0 Å². The third-order valence-electron chi connectivity index (χ3n) is 3.34. The first-order valence-electron chi connectivity index (χ1n) is 6.46. The van der Waals surface area contributed by atoms with E-state index < -0.39 is 5.54 Å². The van der Waals surface area contributed by atoms with Crippen LogP contribution in [0.1, 0.15) is 18.1 Å². The third kappa shape index (κ3) is 3.67. The molecule has 2 nitrogen and oxygen atoms in total. The zero-order valence-electron chi connectivity index (χ0n) is 11.8. The summed E-state index contributed by atoms with van der Waals surface area (Å²) in [5, 5.41) is 13.8. The molecule has 0 spiro atoms. The van der Waals surface area contributed by atoms with Crippen LogP contribution >= 0.6 is 23.2 Å². The number of hydrogen-bond donors (Lipinski definition) is 2. The molecule has 0 saturated carbocycles. The molecule has 0 fully saturated rings. The van der Waals surface area contributed by atoms with Crippen molar-refractivity contribution in [1.29, 1.82) is 0 Å². The zero-order valence-corrected chi connectivity index (χ0v) is 13.3. The van der Waals surface area contributed by atoms with Crippen molar-refractivity contribution in [1.82, 2.24) is 0 Å². The first-order chi connectivity index (χ1) is 9.84. The van der Waals surface area contributed by atoms with Gasteiger partial charge in [-0.15, -0.1) is 0 Å². The fraction of sp³-hybridized carbons (Fsp3) is 0.250. The molecule has 0 saturated heterocycles. The molecule has 21 heavy (non-hydrogen) atoms. The van der Waals surface area contributed by atoms with Gasteiger partial charge in [-0.05, 0) is 55.3 Å². The highest BCUT2D eigenvalue weighted by Crippen LogP contribution is 2.31. The van der Waals surface area contributed by atoms with Crippen molar-refractivity contribution < 1.29 is 9.50 Å². The minimum Gasteiger partial charge on any atom is -0.394 e. The zero-order chi connectivity index (χ0) is 15.6. The highest BCUT2D eigenvalue weighted by atomic mass is 35.5. The number of rotatable bonds is 4. The van der Waals surface area contributed by atoms with Crippen LogP contribution in [-0.4, -0.2) is 11.7 Å². The van der Waals surface area contributed by atoms with E-state index in [1.54, 1.807) is 18.2 Å². The van der Waals surface area contributed by atoms with Gasteiger partial charge in [0.15, 0.2) is 0 Å². The van der Waals surface area contributed by atoms with Crippen molar-refractivity contribution in [3.63, 3.8) is 0 Å². The minimum absolute atomic E-state index is 0.180. The predicted octanol–water partition coefficient (Wildman–Crippen LogP) is 4.76. The Morgan fingerprint density at radius 3 is 2.43 bits per heavy atom. The topological polar surface area (TPSA) is 32.3 Å². The summed E-state index contributed by atoms with van der Waals surface area (Å²) in [6.07, 6.45) is 0. The maximum atomic E-state index is 13.5. The lowest BCUT2D eigenvalue weighted by Gasteiger charge is -2.31. The Hall–Kier alpha value is -1.29. The largest absolute Gasteiger partial charge is 0.394 e. The number of halogens is 3. The number of hydrogen-bond acceptors (Lipinski definition) is 2. The highest BCUT2D eigenvalue weighted by Gasteiger charge is 2.26. The molecule has 0 aliphatic heterocycles. The van der Waals surface area contributed by atoms with Gasteiger partial charge in [-0.1, -0.05) is 29.3 Å². The average molecular weight is 328 g/mol. The number of aryl methyl sites for hydroxylation is 1. The van der Waals surface area contributed by atoms with Gasteiger partial charge in [0, 0.05) is 5.69 Å². The van der Waals surface area contributed by atoms with Gasteiger partial charge >= 0.3 is 0 Å². The van der Waals surface area contributed by atoms with Gasteiger partial charge in [-0.25, -0.2) is 4.39 Å². The van der Waals surface area contributed by atoms with Crippen LogP contribution in [0, 0.1) is 12.7 Å². The van der Waals surface area contributed by atoms with Crippen LogP contribution in [0.5, 0.6) is 0 Å². The Labute approximate surface area is 133 Å². The van der Waals surface area contributed by atoms with E-state index in [0.717, 1.165) is 11.1 Å². The molecular formula is C16H16Cl2FNO. The van der Waals surface area contributed by atoms with Crippen molar-refractivity contribution in [3.8, 4) is 0 Å². The molecule has 0 aromatic heterocycles. The summed E-state index contributed by atoms with van der Waals surface area (Å²) < 4.78 is 13.5. The molecule has 0 aliphatic rings. The van der Waals surface area contributed by atoms with E-state index in [-0.39, 0.29) is 12.4 Å². The fourth-order valence-corrected chi connectivity index (χ4v) is 2.47. The second kappa shape index (κ2) is 6.22. The lowest BCUT2D eigenvalue weighted by molar-refractivity contribution is 0.224. The minimum atomic E-state index is -0.797. The highest BCUT2D eigenvalue weighted by molar-refractivity contribution is 6.42. The third-order valence-corrected chi connectivity index (χ3v) is 4.07. The van der Waals surface area contributed by atoms with Crippen LogP contribution in [0.2, 0.25) is 10.0 Å². The van der Waals surface area contributed by atoms with Crippen LogP contribution < -0.4 is 5.32 Å². The van der Waals surface area contributed by atoms with Gasteiger partial charge in [0.2, 0.25) is 0 Å². The molecule has 1 unspecified atom stereocenters. The number of anilines is 1. The van der Waals surface area contributed by atoms with Crippen molar-refractivity contribution in [3.05, 3.63) is 63.4 Å². The molecule has 0 aliphatic carbocycles. The Morgan fingerprint density at radius 2 is 1.86 bits per heavy atom. The van der Waals surface area contributed by atoms with Crippen molar-refractivity contribution in [2.45, 2.75) is 19.4 Å². The smallest absolute Gasteiger partial charge is 0.125 e. The van der Waals surface area contributed by atoms with E-state index in [1.165, 1.54) is 12.1 Å². The van der Waals surface area contributed by atoms with E-state index in [1.807, 2.05) is 19.9 Å². The SMILES string of the molecule is Cc1cc(F)cc(NC(C)(CO)c2ccc(Cl)c(Cl)c2)c1. The summed E-state index contributed by atoms with van der Waals surface area (Å²) >= 11 is 11.9. The van der Waals surface area contributed by atoms with Crippen LogP contribution in [0.15, 0.2) is 36.4 Å². The Bertz CT molecular complexity index is 642. The summed E-state index contributed by atoms with van der Waals surface area (Å²) in [5.41, 5.74) is 1.36. The predicted molar refractivity (Wildman–Crippen MR) is 85.7 cm³/mol. The van der Waals surface area contributed by atoms with Crippen molar-refractivity contribution >= 4 is 28.9 Å². The number of benzene rings is 2. The van der Waals surface area contributed by atoms with Crippen LogP contribution in [-0.2, 0) is 5.54 Å². The van der Waals surface area contributed by atoms with E-state index in [9.17, 15) is 9.50 Å². The number of nitrogens with one attached hydrogen (secondary N) is 1. The molecule has 0 heterocycles. The van der Waals surface area contributed by atoms with Gasteiger partial charge in [0.1, 0.15) is 5.82 Å². The molecule has 2 aromatic carbocycles. The van der Waals surface area contributed by atoms with Crippen LogP contribution in [0.3, 0.4) is 0 Å². The molecule has 112 valence electrons. The first kappa shape index (κ1) is 16.1. The normalized spacial score (nSPS) is 13.8. The second-order valence-electron chi connectivity index (χ2n) is 5.26. The standard InChI is InChI=1S/C16H16Cl2FNO/c1-10-5-12(19)8-13(6-10)20-16(2,9-21)11-3-4-14(17)15(18)7-11/h3-8,20-21H,9H2,1-2H3. The van der Waals surface area contributed by atoms with Crippen LogP contribution in [0.4, 0.5) is 10.1 Å². The molecule has 1 atom stereocenters. The second-order valence-corrected chi connectivity index (χ2v) is 6.08. The van der Waals surface area contributed by atoms with Gasteiger partial charge in [-0.2, -0.15) is 0 Å². The summed E-state index contributed by atoms with van der Waals surface area (Å²) in [5.74, 6) is -0.327. The lowest BCUT2D eigenvalue weighted by atomic mass is 9.92. The number of aliphatic hydroxyl groups excluding tert-OH is 1. The molecule has 0 radical (unpaired) electrons. The van der Waals surface area contributed by atoms with Gasteiger partial charge < -0.3 is 10.4 Å². The summed E-state index contributed by atoms with van der Waals surface area (Å²) in [7, 11) is 0. The maximum absolute atomic E-state index is 13.5. The van der Waals surface area contributed by atoms with E-state index in [4.69, 9.17) is 23.2 Å². The van der Waals surface area contributed by atoms with E-state index >= 15 is 0 Å². The molecule has 0 bridgehead atoms. The van der Waals surface area contributed by atoms with Gasteiger partial charge in [0.05, 0.1) is 22.2 Å². The monoisotopic (exact) mass is 327 g/mol. The number of aliphatic hydroxyl groups is 1. The summed E-state index contributed by atoms with van der Waals surface area (Å²) in [6, 6.07) is 9.79. The van der Waals surface area contributed by atoms with Gasteiger partial charge in [-0.3, -0.25) is 0 Å². The van der Waals surface area contributed by atoms with Crippen molar-refractivity contribution in [2.75, 3.05) is 11.9 Å². The quantitative estimate of drug-likeness (QED) is 0.848. The first-order valence-corrected chi connectivity index (χ1v) is 7.21. The van der Waals surface area contributed by atoms with Crippen LogP contribution in [0.25, 0.3) is 0 Å². The van der Waals surface area contributed by atoms with E-state index in [2.05, 4.69) is 5.32 Å². The molecule has 5 heteroatoms. The Kier molecular flexibility index (Phi) is 4.77. The van der Waals surface area contributed by atoms with E-state index in [0.29, 0.717) is 15.7 Å². The molecule has 2 N–H and O–H groups in total. The molecular weight excluding hydrogens is 312 g/mol. The average Bonchev–Trinajstić information content (AvgIpc) is 2.40. The molecule has 2 rings (SSSR count). The van der Waals surface area contributed by atoms with Crippen molar-refractivity contribution in [2.24, 2.45) is 0 Å². The lowest BCUT2D eigenvalue weighted by Crippen LogP contribution is -2.35. The maximum Gasteiger partial charge on any atom is 0.125 e. The summed E-state index contributed by atoms with van der Waals surface area (Å²) in [6.45, 7) is 3.44.